The maximum absolute atomic E-state index is 12.9. The van der Waals surface area contributed by atoms with Crippen molar-refractivity contribution < 1.29 is 48.0 Å². The Balaban J connectivity index is 0.00000296. The van der Waals surface area contributed by atoms with Gasteiger partial charge < -0.3 is 28.6 Å². The summed E-state index contributed by atoms with van der Waals surface area (Å²) in [6.07, 6.45) is 4.34. The Morgan fingerprint density at radius 2 is 1.59 bits per heavy atom. The number of aliphatic hydroxyl groups is 1. The summed E-state index contributed by atoms with van der Waals surface area (Å²) in [5, 5.41) is 23.3. The minimum Gasteiger partial charge on any atom is -0.466 e. The molecule has 70 heavy (non-hydrogen) atoms. The standard InChI is InChI=1S/C49H56Cl2N6O8S2.CO2/c1-5-7-17-42-52-46(51)41(30-58)56(42)29-33-19-21-34(22-20-33)37-13-8-9-14-38(37)47-53-55-57(54-47)49(61)65-25-27-67-66-26-24-64-43(59)18-12-23-63-31-35-28-32(3)44(48(60)62-4)45(36(35)6-2)39-15-10-11-16-40(39)50;2-1-3/h8-11,13-16,19-22,45,58H,5-7,12,17-18,23-31H2,1-4H3;. The van der Waals surface area contributed by atoms with Crippen molar-refractivity contribution in [3.63, 3.8) is 0 Å². The summed E-state index contributed by atoms with van der Waals surface area (Å²) in [6.45, 7) is 7.61. The number of methoxy groups -OCH3 is 1. The normalized spacial score (nSPS) is 13.4. The molecule has 2 heterocycles. The van der Waals surface area contributed by atoms with Gasteiger partial charge >= 0.3 is 24.2 Å². The molecule has 0 amide bonds. The van der Waals surface area contributed by atoms with E-state index in [1.165, 1.54) is 28.7 Å². The Bertz CT molecular complexity index is 2650. The van der Waals surface area contributed by atoms with Crippen molar-refractivity contribution >= 4 is 69.0 Å². The van der Waals surface area contributed by atoms with E-state index in [-0.39, 0.29) is 56.1 Å². The van der Waals surface area contributed by atoms with Crippen LogP contribution in [0.2, 0.25) is 10.2 Å². The van der Waals surface area contributed by atoms with E-state index in [1.807, 2.05) is 84.3 Å². The van der Waals surface area contributed by atoms with Crippen LogP contribution < -0.4 is 0 Å². The van der Waals surface area contributed by atoms with Gasteiger partial charge in [0.2, 0.25) is 5.82 Å². The fourth-order valence-electron chi connectivity index (χ4n) is 7.99. The number of hydrogen-bond donors (Lipinski definition) is 1. The highest BCUT2D eigenvalue weighted by molar-refractivity contribution is 8.76. The van der Waals surface area contributed by atoms with Crippen LogP contribution in [-0.2, 0) is 57.7 Å². The quantitative estimate of drug-likeness (QED) is 0.0201. The Hall–Kier alpha value is -5.59. The predicted octanol–water partition coefficient (Wildman–Crippen LogP) is 9.90. The second-order valence-electron chi connectivity index (χ2n) is 15.8. The highest BCUT2D eigenvalue weighted by Crippen LogP contribution is 2.45. The fourth-order valence-corrected chi connectivity index (χ4v) is 10.1. The first-order valence-corrected chi connectivity index (χ1v) is 25.9. The number of benzene rings is 3. The van der Waals surface area contributed by atoms with Crippen LogP contribution >= 0.6 is 44.8 Å². The number of imidazole rings is 1. The lowest BCUT2D eigenvalue weighted by atomic mass is 9.74. The number of carbonyl (C=O) groups is 3. The van der Waals surface area contributed by atoms with E-state index in [0.717, 1.165) is 68.9 Å². The number of carbonyl (C=O) groups excluding carboxylic acids is 5. The number of rotatable bonds is 24. The van der Waals surface area contributed by atoms with Gasteiger partial charge in [0.05, 0.1) is 26.0 Å². The number of ether oxygens (including phenoxy) is 4. The molecule has 1 atom stereocenters. The number of allylic oxidation sites excluding steroid dienone is 2. The summed E-state index contributed by atoms with van der Waals surface area (Å²) in [7, 11) is 4.40. The van der Waals surface area contributed by atoms with Crippen LogP contribution in [0.5, 0.6) is 0 Å². The third-order valence-corrected chi connectivity index (χ3v) is 14.2. The van der Waals surface area contributed by atoms with E-state index < -0.39 is 6.09 Å². The Kier molecular flexibility index (Phi) is 22.9. The van der Waals surface area contributed by atoms with Gasteiger partial charge in [-0.15, -0.1) is 10.2 Å². The Labute approximate surface area is 424 Å². The van der Waals surface area contributed by atoms with Crippen molar-refractivity contribution in [1.29, 1.82) is 0 Å². The van der Waals surface area contributed by atoms with Crippen LogP contribution in [0.25, 0.3) is 22.5 Å². The molecule has 2 aromatic heterocycles. The SMILES string of the molecule is CCCCc1nc(Cl)c(CO)n1Cc1ccc(-c2ccccc2-c2nnn(C(=O)OCCSSCCOC(=O)CCCOCC3=C(CC)C(c4ccccc4Cl)C(C(=O)OC)=C(C)C3)n2)cc1.O=C=O. The van der Waals surface area contributed by atoms with E-state index in [0.29, 0.717) is 77.5 Å². The van der Waals surface area contributed by atoms with E-state index in [2.05, 4.69) is 34.2 Å². The van der Waals surface area contributed by atoms with Crippen LogP contribution in [0.1, 0.15) is 87.9 Å². The number of esters is 2. The first kappa shape index (κ1) is 55.3. The molecule has 372 valence electrons. The lowest BCUT2D eigenvalue weighted by Gasteiger charge is -2.32. The smallest absolute Gasteiger partial charge is 0.453 e. The summed E-state index contributed by atoms with van der Waals surface area (Å²) in [6, 6.07) is 23.3. The molecule has 0 fully saturated rings. The summed E-state index contributed by atoms with van der Waals surface area (Å²) >= 11 is 13.0. The van der Waals surface area contributed by atoms with E-state index >= 15 is 0 Å². The van der Waals surface area contributed by atoms with Gasteiger partial charge in [-0.05, 0) is 71.7 Å². The van der Waals surface area contributed by atoms with Crippen molar-refractivity contribution in [2.24, 2.45) is 0 Å². The number of halogens is 2. The molecule has 1 aliphatic carbocycles. The topological polar surface area (TPSA) is 204 Å². The average Bonchev–Trinajstić information content (AvgIpc) is 3.98. The largest absolute Gasteiger partial charge is 0.466 e. The van der Waals surface area contributed by atoms with Crippen LogP contribution in [0.15, 0.2) is 95.1 Å². The fraction of sp³-hybridized carbons (Fsp3) is 0.400. The van der Waals surface area contributed by atoms with Crippen LogP contribution in [-0.4, -0.2) is 104 Å². The molecular formula is C50H56Cl2N6O10S2. The molecule has 0 saturated carbocycles. The number of unbranched alkanes of at least 4 members (excludes halogenated alkanes) is 1. The summed E-state index contributed by atoms with van der Waals surface area (Å²) < 4.78 is 24.0. The van der Waals surface area contributed by atoms with Gasteiger partial charge in [-0.3, -0.25) is 4.79 Å². The highest BCUT2D eigenvalue weighted by Gasteiger charge is 2.34. The zero-order valence-electron chi connectivity index (χ0n) is 39.5. The molecular weight excluding hydrogens is 980 g/mol. The number of aliphatic hydroxyl groups excluding tert-OH is 1. The average molecular weight is 1040 g/mol. The van der Waals surface area contributed by atoms with E-state index in [4.69, 9.17) is 51.7 Å². The van der Waals surface area contributed by atoms with Crippen molar-refractivity contribution in [3.05, 3.63) is 128 Å². The van der Waals surface area contributed by atoms with Crippen LogP contribution in [0, 0.1) is 0 Å². The maximum atomic E-state index is 12.9. The van der Waals surface area contributed by atoms with Gasteiger partial charge in [-0.1, -0.05) is 148 Å². The number of tetrazole rings is 1. The van der Waals surface area contributed by atoms with Gasteiger partial charge in [-0.2, -0.15) is 9.59 Å². The molecule has 0 saturated heterocycles. The molecule has 0 bridgehead atoms. The van der Waals surface area contributed by atoms with Gasteiger partial charge in [0.25, 0.3) is 0 Å². The zero-order valence-corrected chi connectivity index (χ0v) is 42.6. The van der Waals surface area contributed by atoms with Gasteiger partial charge in [0.1, 0.15) is 19.0 Å². The van der Waals surface area contributed by atoms with Gasteiger partial charge in [0, 0.05) is 59.6 Å². The van der Waals surface area contributed by atoms with Crippen molar-refractivity contribution in [2.75, 3.05) is 45.0 Å². The minimum atomic E-state index is -0.744. The zero-order chi connectivity index (χ0) is 50.4. The van der Waals surface area contributed by atoms with Crippen molar-refractivity contribution in [2.45, 2.75) is 84.8 Å². The second kappa shape index (κ2) is 28.9. The van der Waals surface area contributed by atoms with Crippen LogP contribution in [0.4, 0.5) is 4.79 Å². The molecule has 0 aliphatic heterocycles. The van der Waals surface area contributed by atoms with Crippen molar-refractivity contribution in [1.82, 2.24) is 29.8 Å². The molecule has 3 aromatic carbocycles. The number of aryl methyl sites for hydroxylation is 1. The third-order valence-electron chi connectivity index (χ3n) is 11.2. The lowest BCUT2D eigenvalue weighted by Crippen LogP contribution is -2.23. The first-order chi connectivity index (χ1) is 34.0. The second-order valence-corrected chi connectivity index (χ2v) is 19.2. The third kappa shape index (κ3) is 15.2. The molecule has 1 N–H and O–H groups in total. The molecule has 16 nitrogen and oxygen atoms in total. The van der Waals surface area contributed by atoms with Crippen LogP contribution in [0.3, 0.4) is 0 Å². The monoisotopic (exact) mass is 1030 g/mol. The Morgan fingerprint density at radius 3 is 2.26 bits per heavy atom. The van der Waals surface area contributed by atoms with Gasteiger partial charge in [-0.25, -0.2) is 14.6 Å². The Morgan fingerprint density at radius 1 is 0.900 bits per heavy atom. The highest BCUT2D eigenvalue weighted by atomic mass is 35.5. The summed E-state index contributed by atoms with van der Waals surface area (Å²) in [5.41, 5.74) is 8.73. The lowest BCUT2D eigenvalue weighted by molar-refractivity contribution is -0.191. The first-order valence-electron chi connectivity index (χ1n) is 22.7. The molecule has 1 unspecified atom stereocenters. The summed E-state index contributed by atoms with van der Waals surface area (Å²) in [4.78, 5) is 59.7. The summed E-state index contributed by atoms with van der Waals surface area (Å²) in [5.74, 6) is 1.25. The van der Waals surface area contributed by atoms with Crippen molar-refractivity contribution in [3.8, 4) is 22.5 Å². The molecule has 20 heteroatoms. The van der Waals surface area contributed by atoms with Gasteiger partial charge in [0.15, 0.2) is 5.15 Å². The molecule has 0 spiro atoms. The van der Waals surface area contributed by atoms with E-state index in [1.54, 1.807) is 0 Å². The molecule has 0 radical (unpaired) electrons. The number of hydrogen-bond acceptors (Lipinski definition) is 16. The number of nitrogens with zero attached hydrogens (tertiary/aromatic N) is 6. The minimum absolute atomic E-state index is 0.126. The van der Waals surface area contributed by atoms with E-state index in [9.17, 15) is 19.5 Å². The number of aromatic nitrogens is 6. The molecule has 5 aromatic rings. The molecule has 1 aliphatic rings. The molecule has 6 rings (SSSR count). The predicted molar refractivity (Wildman–Crippen MR) is 268 cm³/mol. The maximum Gasteiger partial charge on any atom is 0.453 e.